The molecule has 1 saturated carbocycles. The topological polar surface area (TPSA) is 37.3 Å². The lowest BCUT2D eigenvalue weighted by Crippen LogP contribution is -2.31. The fraction of sp³-hybridized carbons (Fsp3) is 0.938. The van der Waals surface area contributed by atoms with E-state index in [1.54, 1.807) is 0 Å². The quantitative estimate of drug-likeness (QED) is 0.713. The van der Waals surface area contributed by atoms with Crippen molar-refractivity contribution in [2.45, 2.75) is 72.1 Å². The molecule has 0 heterocycles. The Morgan fingerprint density at radius 2 is 2.06 bits per heavy atom. The van der Waals surface area contributed by atoms with Gasteiger partial charge in [-0.3, -0.25) is 4.79 Å². The number of carbonyl (C=O) groups is 1. The van der Waals surface area contributed by atoms with Gasteiger partial charge in [0.05, 0.1) is 5.92 Å². The molecule has 1 aliphatic rings. The highest BCUT2D eigenvalue weighted by molar-refractivity contribution is 5.70. The average molecular weight is 254 g/mol. The van der Waals surface area contributed by atoms with E-state index in [4.69, 9.17) is 0 Å². The van der Waals surface area contributed by atoms with Gasteiger partial charge in [-0.25, -0.2) is 0 Å². The van der Waals surface area contributed by atoms with Crippen LogP contribution in [0.15, 0.2) is 0 Å². The second kappa shape index (κ2) is 7.81. The molecule has 0 saturated heterocycles. The average Bonchev–Trinajstić information content (AvgIpc) is 2.34. The number of rotatable bonds is 7. The molecule has 0 aliphatic heterocycles. The minimum Gasteiger partial charge on any atom is -0.481 e. The van der Waals surface area contributed by atoms with Crippen molar-refractivity contribution < 1.29 is 9.90 Å². The Balaban J connectivity index is 2.55. The Hall–Kier alpha value is -0.530. The van der Waals surface area contributed by atoms with Crippen LogP contribution in [0.3, 0.4) is 0 Å². The zero-order valence-corrected chi connectivity index (χ0v) is 12.3. The third-order valence-corrected chi connectivity index (χ3v) is 4.74. The first-order valence-electron chi connectivity index (χ1n) is 7.81. The summed E-state index contributed by atoms with van der Waals surface area (Å²) in [6, 6.07) is 0. The lowest BCUT2D eigenvalue weighted by atomic mass is 9.70. The highest BCUT2D eigenvalue weighted by Gasteiger charge is 2.34. The summed E-state index contributed by atoms with van der Waals surface area (Å²) in [6.45, 7) is 6.76. The number of carboxylic acid groups (broad SMARTS) is 1. The van der Waals surface area contributed by atoms with Crippen molar-refractivity contribution in [3.63, 3.8) is 0 Å². The molecule has 0 spiro atoms. The molecule has 0 radical (unpaired) electrons. The van der Waals surface area contributed by atoms with Crippen LogP contribution in [0.4, 0.5) is 0 Å². The summed E-state index contributed by atoms with van der Waals surface area (Å²) in [7, 11) is 0. The molecule has 1 aliphatic carbocycles. The maximum absolute atomic E-state index is 11.4. The van der Waals surface area contributed by atoms with Gasteiger partial charge in [0.15, 0.2) is 0 Å². The number of aliphatic carboxylic acids is 1. The van der Waals surface area contributed by atoms with Crippen LogP contribution < -0.4 is 0 Å². The molecule has 106 valence electrons. The largest absolute Gasteiger partial charge is 0.481 e. The van der Waals surface area contributed by atoms with Gasteiger partial charge in [-0.2, -0.15) is 0 Å². The molecule has 4 unspecified atom stereocenters. The number of carboxylic acids is 1. The lowest BCUT2D eigenvalue weighted by molar-refractivity contribution is -0.145. The van der Waals surface area contributed by atoms with E-state index in [9.17, 15) is 9.90 Å². The van der Waals surface area contributed by atoms with Gasteiger partial charge in [-0.15, -0.1) is 0 Å². The summed E-state index contributed by atoms with van der Waals surface area (Å²) in [5, 5.41) is 9.36. The maximum Gasteiger partial charge on any atom is 0.306 e. The van der Waals surface area contributed by atoms with Crippen molar-refractivity contribution in [1.82, 2.24) is 0 Å². The van der Waals surface area contributed by atoms with Gasteiger partial charge in [0.2, 0.25) is 0 Å². The standard InChI is InChI=1S/C16H30O2/c1-4-6-7-13(5-2)11-14-10-12(3)8-9-15(14)16(17)18/h12-15H,4-11H2,1-3H3,(H,17,18). The first-order chi connectivity index (χ1) is 8.58. The second-order valence-corrected chi connectivity index (χ2v) is 6.28. The molecule has 4 atom stereocenters. The highest BCUT2D eigenvalue weighted by Crippen LogP contribution is 2.39. The molecule has 0 aromatic rings. The SMILES string of the molecule is CCCCC(CC)CC1CC(C)CCC1C(=O)O. The summed E-state index contributed by atoms with van der Waals surface area (Å²) in [5.74, 6) is 1.25. The Labute approximate surface area is 112 Å². The molecule has 0 aromatic carbocycles. The highest BCUT2D eigenvalue weighted by atomic mass is 16.4. The molecule has 18 heavy (non-hydrogen) atoms. The molecular formula is C16H30O2. The third-order valence-electron chi connectivity index (χ3n) is 4.74. The van der Waals surface area contributed by atoms with E-state index < -0.39 is 5.97 Å². The van der Waals surface area contributed by atoms with Crippen LogP contribution in [-0.2, 0) is 4.79 Å². The van der Waals surface area contributed by atoms with E-state index in [-0.39, 0.29) is 5.92 Å². The molecule has 1 fully saturated rings. The maximum atomic E-state index is 11.4. The number of hydrogen-bond acceptors (Lipinski definition) is 1. The lowest BCUT2D eigenvalue weighted by Gasteiger charge is -2.34. The smallest absolute Gasteiger partial charge is 0.306 e. The van der Waals surface area contributed by atoms with Crippen molar-refractivity contribution in [3.05, 3.63) is 0 Å². The predicted molar refractivity (Wildman–Crippen MR) is 75.6 cm³/mol. The van der Waals surface area contributed by atoms with Crippen LogP contribution >= 0.6 is 0 Å². The Morgan fingerprint density at radius 3 is 2.61 bits per heavy atom. The third kappa shape index (κ3) is 4.62. The summed E-state index contributed by atoms with van der Waals surface area (Å²) >= 11 is 0. The minimum absolute atomic E-state index is 0.0723. The second-order valence-electron chi connectivity index (χ2n) is 6.28. The monoisotopic (exact) mass is 254 g/mol. The molecule has 0 amide bonds. The van der Waals surface area contributed by atoms with Gasteiger partial charge in [-0.1, -0.05) is 46.5 Å². The van der Waals surface area contributed by atoms with Gasteiger partial charge < -0.3 is 5.11 Å². The number of unbranched alkanes of at least 4 members (excludes halogenated alkanes) is 1. The first-order valence-corrected chi connectivity index (χ1v) is 7.81. The van der Waals surface area contributed by atoms with Crippen LogP contribution in [0.25, 0.3) is 0 Å². The Bertz CT molecular complexity index is 249. The predicted octanol–water partition coefficient (Wildman–Crippen LogP) is 4.73. The molecule has 1 rings (SSSR count). The van der Waals surface area contributed by atoms with Gasteiger partial charge in [0.1, 0.15) is 0 Å². The fourth-order valence-corrected chi connectivity index (χ4v) is 3.49. The van der Waals surface area contributed by atoms with Crippen molar-refractivity contribution in [2.75, 3.05) is 0 Å². The normalized spacial score (nSPS) is 30.1. The summed E-state index contributed by atoms with van der Waals surface area (Å²) in [6.07, 6.45) is 9.28. The van der Waals surface area contributed by atoms with Crippen molar-refractivity contribution >= 4 is 5.97 Å². The Kier molecular flexibility index (Phi) is 6.73. The van der Waals surface area contributed by atoms with Crippen molar-refractivity contribution in [2.24, 2.45) is 23.7 Å². The molecule has 2 heteroatoms. The number of hydrogen-bond donors (Lipinski definition) is 1. The van der Waals surface area contributed by atoms with E-state index in [1.807, 2.05) is 0 Å². The van der Waals surface area contributed by atoms with E-state index in [1.165, 1.54) is 25.7 Å². The van der Waals surface area contributed by atoms with Gasteiger partial charge in [-0.05, 0) is 43.4 Å². The molecule has 2 nitrogen and oxygen atoms in total. The van der Waals surface area contributed by atoms with Crippen molar-refractivity contribution in [1.29, 1.82) is 0 Å². The Morgan fingerprint density at radius 1 is 1.33 bits per heavy atom. The molecular weight excluding hydrogens is 224 g/mol. The zero-order valence-electron chi connectivity index (χ0n) is 12.3. The van der Waals surface area contributed by atoms with Gasteiger partial charge in [0.25, 0.3) is 0 Å². The van der Waals surface area contributed by atoms with E-state index in [2.05, 4.69) is 20.8 Å². The van der Waals surface area contributed by atoms with Crippen LogP contribution in [0.5, 0.6) is 0 Å². The van der Waals surface area contributed by atoms with Gasteiger partial charge >= 0.3 is 5.97 Å². The van der Waals surface area contributed by atoms with Crippen LogP contribution in [-0.4, -0.2) is 11.1 Å². The molecule has 0 aromatic heterocycles. The van der Waals surface area contributed by atoms with Crippen LogP contribution in [0, 0.1) is 23.7 Å². The first kappa shape index (κ1) is 15.5. The van der Waals surface area contributed by atoms with E-state index >= 15 is 0 Å². The summed E-state index contributed by atoms with van der Waals surface area (Å²) in [5.41, 5.74) is 0. The summed E-state index contributed by atoms with van der Waals surface area (Å²) in [4.78, 5) is 11.4. The van der Waals surface area contributed by atoms with E-state index in [0.717, 1.165) is 31.6 Å². The van der Waals surface area contributed by atoms with E-state index in [0.29, 0.717) is 11.8 Å². The van der Waals surface area contributed by atoms with Crippen molar-refractivity contribution in [3.8, 4) is 0 Å². The van der Waals surface area contributed by atoms with Crippen LogP contribution in [0.1, 0.15) is 72.1 Å². The van der Waals surface area contributed by atoms with Gasteiger partial charge in [0, 0.05) is 0 Å². The summed E-state index contributed by atoms with van der Waals surface area (Å²) < 4.78 is 0. The fourth-order valence-electron chi connectivity index (χ4n) is 3.49. The zero-order chi connectivity index (χ0) is 13.5. The minimum atomic E-state index is -0.558. The molecule has 0 bridgehead atoms. The molecule has 1 N–H and O–H groups in total. The van der Waals surface area contributed by atoms with Crippen LogP contribution in [0.2, 0.25) is 0 Å².